The zero-order valence-corrected chi connectivity index (χ0v) is 16.1. The summed E-state index contributed by atoms with van der Waals surface area (Å²) < 4.78 is 12.2. The van der Waals surface area contributed by atoms with E-state index in [-0.39, 0.29) is 5.92 Å². The third-order valence-electron chi connectivity index (χ3n) is 4.93. The molecule has 1 fully saturated rings. The van der Waals surface area contributed by atoms with Crippen LogP contribution in [0.3, 0.4) is 0 Å². The highest BCUT2D eigenvalue weighted by Gasteiger charge is 2.31. The fraction of sp³-hybridized carbons (Fsp3) is 0.500. The SMILES string of the molecule is CCOC(=O)c1c(N=Nc2ccccc2)c(C2CCC(OC)CC2)nn1C. The number of aryl methyl sites for hydroxylation is 1. The van der Waals surface area contributed by atoms with Crippen LogP contribution in [0.15, 0.2) is 40.6 Å². The van der Waals surface area contributed by atoms with E-state index in [4.69, 9.17) is 9.47 Å². The molecule has 0 atom stereocenters. The first-order chi connectivity index (χ1) is 13.1. The number of hydrogen-bond donors (Lipinski definition) is 0. The number of carbonyl (C=O) groups is 1. The number of ether oxygens (including phenoxy) is 2. The second-order valence-electron chi connectivity index (χ2n) is 6.67. The minimum atomic E-state index is -0.425. The lowest BCUT2D eigenvalue weighted by atomic mass is 9.84. The van der Waals surface area contributed by atoms with E-state index in [1.807, 2.05) is 30.3 Å². The average Bonchev–Trinajstić information content (AvgIpc) is 3.03. The summed E-state index contributed by atoms with van der Waals surface area (Å²) in [6.45, 7) is 2.08. The number of nitrogens with zero attached hydrogens (tertiary/aromatic N) is 4. The first-order valence-corrected chi connectivity index (χ1v) is 9.37. The summed E-state index contributed by atoms with van der Waals surface area (Å²) >= 11 is 0. The van der Waals surface area contributed by atoms with Crippen molar-refractivity contribution in [3.05, 3.63) is 41.7 Å². The van der Waals surface area contributed by atoms with E-state index < -0.39 is 5.97 Å². The molecule has 0 aliphatic heterocycles. The highest BCUT2D eigenvalue weighted by Crippen LogP contribution is 2.40. The lowest BCUT2D eigenvalue weighted by Gasteiger charge is -2.26. The van der Waals surface area contributed by atoms with Crippen LogP contribution in [-0.2, 0) is 16.5 Å². The van der Waals surface area contributed by atoms with Crippen molar-refractivity contribution in [1.82, 2.24) is 9.78 Å². The van der Waals surface area contributed by atoms with Crippen LogP contribution in [-0.4, -0.2) is 35.6 Å². The monoisotopic (exact) mass is 370 g/mol. The minimum absolute atomic E-state index is 0.232. The molecule has 7 nitrogen and oxygen atoms in total. The van der Waals surface area contributed by atoms with Crippen LogP contribution >= 0.6 is 0 Å². The minimum Gasteiger partial charge on any atom is -0.461 e. The van der Waals surface area contributed by atoms with E-state index in [0.29, 0.717) is 24.1 Å². The van der Waals surface area contributed by atoms with Gasteiger partial charge in [-0.05, 0) is 44.7 Å². The Morgan fingerprint density at radius 2 is 1.89 bits per heavy atom. The Morgan fingerprint density at radius 1 is 1.19 bits per heavy atom. The first kappa shape index (κ1) is 19.2. The molecule has 0 amide bonds. The summed E-state index contributed by atoms with van der Waals surface area (Å²) in [7, 11) is 3.50. The normalized spacial score (nSPS) is 20.1. The summed E-state index contributed by atoms with van der Waals surface area (Å²) in [4.78, 5) is 12.5. The summed E-state index contributed by atoms with van der Waals surface area (Å²) in [5.74, 6) is -0.193. The van der Waals surface area contributed by atoms with Crippen LogP contribution in [0, 0.1) is 0 Å². The number of methoxy groups -OCH3 is 1. The number of hydrogen-bond acceptors (Lipinski definition) is 6. The van der Waals surface area contributed by atoms with Crippen molar-refractivity contribution in [2.45, 2.75) is 44.6 Å². The summed E-state index contributed by atoms with van der Waals surface area (Å²) in [6.07, 6.45) is 4.14. The van der Waals surface area contributed by atoms with Gasteiger partial charge in [0, 0.05) is 20.1 Å². The molecule has 1 aromatic heterocycles. The maximum absolute atomic E-state index is 12.5. The number of esters is 1. The first-order valence-electron chi connectivity index (χ1n) is 9.37. The Balaban J connectivity index is 1.96. The predicted molar refractivity (Wildman–Crippen MR) is 102 cm³/mol. The van der Waals surface area contributed by atoms with Crippen LogP contribution in [0.4, 0.5) is 11.4 Å². The van der Waals surface area contributed by atoms with Gasteiger partial charge >= 0.3 is 5.97 Å². The summed E-state index contributed by atoms with van der Waals surface area (Å²) in [5.41, 5.74) is 2.40. The quantitative estimate of drug-likeness (QED) is 0.546. The topological polar surface area (TPSA) is 78.1 Å². The molecule has 1 heterocycles. The number of azo groups is 1. The standard InChI is InChI=1S/C20H26N4O3/c1-4-27-20(25)19-18(22-21-15-8-6-5-7-9-15)17(23-24(19)2)14-10-12-16(26-3)13-11-14/h5-9,14,16H,4,10-13H2,1-3H3. The van der Waals surface area contributed by atoms with Gasteiger partial charge in [-0.3, -0.25) is 4.68 Å². The van der Waals surface area contributed by atoms with Gasteiger partial charge in [-0.2, -0.15) is 10.2 Å². The number of carbonyl (C=O) groups excluding carboxylic acids is 1. The third kappa shape index (κ3) is 4.42. The number of benzene rings is 1. The van der Waals surface area contributed by atoms with Crippen molar-refractivity contribution in [1.29, 1.82) is 0 Å². The van der Waals surface area contributed by atoms with Gasteiger partial charge in [0.1, 0.15) is 5.69 Å². The fourth-order valence-electron chi connectivity index (χ4n) is 3.51. The van der Waals surface area contributed by atoms with Gasteiger partial charge in [-0.15, -0.1) is 5.11 Å². The maximum Gasteiger partial charge on any atom is 0.358 e. The lowest BCUT2D eigenvalue weighted by Crippen LogP contribution is -2.19. The Hall–Kier alpha value is -2.54. The molecule has 0 spiro atoms. The molecule has 1 saturated carbocycles. The molecule has 1 aromatic carbocycles. The van der Waals surface area contributed by atoms with Gasteiger partial charge in [0.25, 0.3) is 0 Å². The van der Waals surface area contributed by atoms with Crippen LogP contribution < -0.4 is 0 Å². The Labute approximate surface area is 159 Å². The Bertz CT molecular complexity index is 793. The van der Waals surface area contributed by atoms with Gasteiger partial charge in [-0.25, -0.2) is 4.79 Å². The molecule has 0 unspecified atom stereocenters. The highest BCUT2D eigenvalue weighted by molar-refractivity contribution is 5.93. The molecule has 1 aliphatic rings. The van der Waals surface area contributed by atoms with Gasteiger partial charge in [-0.1, -0.05) is 18.2 Å². The molecule has 144 valence electrons. The Morgan fingerprint density at radius 3 is 2.52 bits per heavy atom. The fourth-order valence-corrected chi connectivity index (χ4v) is 3.51. The van der Waals surface area contributed by atoms with Gasteiger partial charge in [0.15, 0.2) is 5.69 Å². The van der Waals surface area contributed by atoms with E-state index in [9.17, 15) is 4.79 Å². The highest BCUT2D eigenvalue weighted by atomic mass is 16.5. The lowest BCUT2D eigenvalue weighted by molar-refractivity contribution is 0.0514. The zero-order valence-electron chi connectivity index (χ0n) is 16.1. The van der Waals surface area contributed by atoms with Crippen LogP contribution in [0.2, 0.25) is 0 Å². The van der Waals surface area contributed by atoms with Crippen molar-refractivity contribution < 1.29 is 14.3 Å². The van der Waals surface area contributed by atoms with Crippen molar-refractivity contribution in [3.63, 3.8) is 0 Å². The Kier molecular flexibility index (Phi) is 6.34. The van der Waals surface area contributed by atoms with Crippen molar-refractivity contribution in [2.75, 3.05) is 13.7 Å². The molecule has 7 heteroatoms. The van der Waals surface area contributed by atoms with Crippen molar-refractivity contribution in [3.8, 4) is 0 Å². The average molecular weight is 370 g/mol. The van der Waals surface area contributed by atoms with Gasteiger partial charge in [0.05, 0.1) is 24.1 Å². The second-order valence-corrected chi connectivity index (χ2v) is 6.67. The van der Waals surface area contributed by atoms with Gasteiger partial charge < -0.3 is 9.47 Å². The van der Waals surface area contributed by atoms with E-state index >= 15 is 0 Å². The molecule has 0 bridgehead atoms. The molecule has 2 aromatic rings. The van der Waals surface area contributed by atoms with Crippen LogP contribution in [0.25, 0.3) is 0 Å². The van der Waals surface area contributed by atoms with E-state index in [2.05, 4.69) is 15.3 Å². The third-order valence-corrected chi connectivity index (χ3v) is 4.93. The summed E-state index contributed by atoms with van der Waals surface area (Å²) in [5, 5.41) is 13.4. The number of aromatic nitrogens is 2. The molecule has 0 N–H and O–H groups in total. The molecular weight excluding hydrogens is 344 g/mol. The van der Waals surface area contributed by atoms with E-state index in [1.54, 1.807) is 25.8 Å². The molecule has 0 radical (unpaired) electrons. The van der Waals surface area contributed by atoms with Crippen molar-refractivity contribution >= 4 is 17.3 Å². The molecule has 3 rings (SSSR count). The molecule has 0 saturated heterocycles. The van der Waals surface area contributed by atoms with E-state index in [1.165, 1.54) is 0 Å². The van der Waals surface area contributed by atoms with Crippen molar-refractivity contribution in [2.24, 2.45) is 17.3 Å². The number of rotatable bonds is 6. The zero-order chi connectivity index (χ0) is 19.2. The maximum atomic E-state index is 12.5. The smallest absolute Gasteiger partial charge is 0.358 e. The summed E-state index contributed by atoms with van der Waals surface area (Å²) in [6, 6.07) is 9.46. The second kappa shape index (κ2) is 8.90. The van der Waals surface area contributed by atoms with Gasteiger partial charge in [0.2, 0.25) is 0 Å². The largest absolute Gasteiger partial charge is 0.461 e. The van der Waals surface area contributed by atoms with Crippen LogP contribution in [0.5, 0.6) is 0 Å². The van der Waals surface area contributed by atoms with Crippen LogP contribution in [0.1, 0.15) is 54.7 Å². The predicted octanol–water partition coefficient (Wildman–Crippen LogP) is 4.68. The molecule has 1 aliphatic carbocycles. The van der Waals surface area contributed by atoms with E-state index in [0.717, 1.165) is 37.1 Å². The molecule has 27 heavy (non-hydrogen) atoms. The molecular formula is C20H26N4O3.